The van der Waals surface area contributed by atoms with Gasteiger partial charge in [-0.05, 0) is 18.6 Å². The molecule has 0 bridgehead atoms. The van der Waals surface area contributed by atoms with Crippen molar-refractivity contribution < 1.29 is 4.84 Å². The van der Waals surface area contributed by atoms with E-state index < -0.39 is 0 Å². The average Bonchev–Trinajstić information content (AvgIpc) is 2.08. The lowest BCUT2D eigenvalue weighted by Crippen LogP contribution is -1.92. The SMILES string of the molecule is CON=Cc1nccc(Br)c1C. The van der Waals surface area contributed by atoms with Crippen LogP contribution in [0.4, 0.5) is 0 Å². The van der Waals surface area contributed by atoms with Crippen LogP contribution in [0.2, 0.25) is 0 Å². The summed E-state index contributed by atoms with van der Waals surface area (Å²) in [4.78, 5) is 8.67. The predicted molar refractivity (Wildman–Crippen MR) is 51.3 cm³/mol. The lowest BCUT2D eigenvalue weighted by atomic mass is 10.2. The monoisotopic (exact) mass is 228 g/mol. The van der Waals surface area contributed by atoms with Crippen molar-refractivity contribution in [2.24, 2.45) is 5.16 Å². The highest BCUT2D eigenvalue weighted by Crippen LogP contribution is 2.15. The fraction of sp³-hybridized carbons (Fsp3) is 0.250. The van der Waals surface area contributed by atoms with E-state index >= 15 is 0 Å². The van der Waals surface area contributed by atoms with Gasteiger partial charge in [0.2, 0.25) is 0 Å². The first-order chi connectivity index (χ1) is 5.75. The summed E-state index contributed by atoms with van der Waals surface area (Å²) in [6.07, 6.45) is 3.30. The average molecular weight is 229 g/mol. The van der Waals surface area contributed by atoms with E-state index in [0.29, 0.717) is 0 Å². The Kier molecular flexibility index (Phi) is 3.22. The second-order valence-electron chi connectivity index (χ2n) is 2.22. The lowest BCUT2D eigenvalue weighted by Gasteiger charge is -1.99. The van der Waals surface area contributed by atoms with Gasteiger partial charge in [-0.1, -0.05) is 21.1 Å². The van der Waals surface area contributed by atoms with Crippen molar-refractivity contribution >= 4 is 22.1 Å². The molecule has 1 aromatic rings. The van der Waals surface area contributed by atoms with Gasteiger partial charge in [-0.15, -0.1) is 0 Å². The second kappa shape index (κ2) is 4.21. The molecule has 1 rings (SSSR count). The number of halogens is 1. The molecular formula is C8H9BrN2O. The molecular weight excluding hydrogens is 220 g/mol. The van der Waals surface area contributed by atoms with Crippen LogP contribution in [0, 0.1) is 6.92 Å². The molecule has 0 aliphatic carbocycles. The van der Waals surface area contributed by atoms with E-state index in [9.17, 15) is 0 Å². The Bertz CT molecular complexity index is 299. The van der Waals surface area contributed by atoms with Crippen LogP contribution < -0.4 is 0 Å². The van der Waals surface area contributed by atoms with Crippen LogP contribution >= 0.6 is 15.9 Å². The topological polar surface area (TPSA) is 34.5 Å². The molecule has 0 radical (unpaired) electrons. The largest absolute Gasteiger partial charge is 0.399 e. The summed E-state index contributed by atoms with van der Waals surface area (Å²) in [5.41, 5.74) is 1.87. The summed E-state index contributed by atoms with van der Waals surface area (Å²) in [6, 6.07) is 1.89. The zero-order valence-corrected chi connectivity index (χ0v) is 8.50. The molecule has 3 nitrogen and oxygen atoms in total. The highest BCUT2D eigenvalue weighted by atomic mass is 79.9. The van der Waals surface area contributed by atoms with E-state index in [-0.39, 0.29) is 0 Å². The van der Waals surface area contributed by atoms with Crippen molar-refractivity contribution in [1.82, 2.24) is 4.98 Å². The molecule has 0 aliphatic heterocycles. The summed E-state index contributed by atoms with van der Waals surface area (Å²) in [5.74, 6) is 0. The highest BCUT2D eigenvalue weighted by Gasteiger charge is 1.99. The van der Waals surface area contributed by atoms with Crippen LogP contribution in [0.15, 0.2) is 21.9 Å². The molecule has 0 N–H and O–H groups in total. The third-order valence-corrected chi connectivity index (χ3v) is 2.32. The van der Waals surface area contributed by atoms with E-state index in [1.54, 1.807) is 12.4 Å². The van der Waals surface area contributed by atoms with Crippen LogP contribution in [0.1, 0.15) is 11.3 Å². The minimum atomic E-state index is 0.811. The van der Waals surface area contributed by atoms with Gasteiger partial charge in [0.1, 0.15) is 7.11 Å². The van der Waals surface area contributed by atoms with Gasteiger partial charge in [-0.3, -0.25) is 4.98 Å². The third-order valence-electron chi connectivity index (χ3n) is 1.46. The van der Waals surface area contributed by atoms with E-state index in [4.69, 9.17) is 0 Å². The fourth-order valence-electron chi connectivity index (χ4n) is 0.760. The molecule has 1 aromatic heterocycles. The highest BCUT2D eigenvalue weighted by molar-refractivity contribution is 9.10. The van der Waals surface area contributed by atoms with Gasteiger partial charge < -0.3 is 4.84 Å². The van der Waals surface area contributed by atoms with Crippen LogP contribution in [-0.4, -0.2) is 18.3 Å². The number of pyridine rings is 1. The van der Waals surface area contributed by atoms with Crippen LogP contribution in [0.5, 0.6) is 0 Å². The Hall–Kier alpha value is -0.900. The van der Waals surface area contributed by atoms with Gasteiger partial charge in [0, 0.05) is 10.7 Å². The molecule has 0 saturated carbocycles. The first kappa shape index (κ1) is 9.19. The van der Waals surface area contributed by atoms with E-state index in [1.807, 2.05) is 13.0 Å². The van der Waals surface area contributed by atoms with Gasteiger partial charge in [0.15, 0.2) is 0 Å². The van der Waals surface area contributed by atoms with Crippen molar-refractivity contribution in [3.63, 3.8) is 0 Å². The minimum Gasteiger partial charge on any atom is -0.399 e. The number of rotatable bonds is 2. The summed E-state index contributed by atoms with van der Waals surface area (Å²) in [7, 11) is 1.50. The van der Waals surface area contributed by atoms with E-state index in [2.05, 4.69) is 30.9 Å². The Morgan fingerprint density at radius 3 is 3.08 bits per heavy atom. The smallest absolute Gasteiger partial charge is 0.106 e. The first-order valence-electron chi connectivity index (χ1n) is 3.43. The van der Waals surface area contributed by atoms with Gasteiger partial charge in [0.05, 0.1) is 11.9 Å². The molecule has 0 atom stereocenters. The lowest BCUT2D eigenvalue weighted by molar-refractivity contribution is 0.215. The Morgan fingerprint density at radius 1 is 1.67 bits per heavy atom. The first-order valence-corrected chi connectivity index (χ1v) is 4.22. The third kappa shape index (κ3) is 2.04. The summed E-state index contributed by atoms with van der Waals surface area (Å²) < 4.78 is 1.02. The molecule has 4 heteroatoms. The summed E-state index contributed by atoms with van der Waals surface area (Å²) in [5, 5.41) is 3.64. The van der Waals surface area contributed by atoms with E-state index in [1.165, 1.54) is 7.11 Å². The number of oxime groups is 1. The number of nitrogens with zero attached hydrogens (tertiary/aromatic N) is 2. The maximum absolute atomic E-state index is 4.55. The van der Waals surface area contributed by atoms with Crippen LogP contribution in [0.25, 0.3) is 0 Å². The zero-order valence-electron chi connectivity index (χ0n) is 6.91. The molecule has 0 amide bonds. The van der Waals surface area contributed by atoms with Gasteiger partial charge in [-0.2, -0.15) is 0 Å². The van der Waals surface area contributed by atoms with Crippen molar-refractivity contribution in [3.05, 3.63) is 28.0 Å². The maximum atomic E-state index is 4.55. The van der Waals surface area contributed by atoms with Gasteiger partial charge in [-0.25, -0.2) is 0 Å². The quantitative estimate of drug-likeness (QED) is 0.575. The number of aromatic nitrogens is 1. The zero-order chi connectivity index (χ0) is 8.97. The van der Waals surface area contributed by atoms with Crippen LogP contribution in [-0.2, 0) is 4.84 Å². The fourth-order valence-corrected chi connectivity index (χ4v) is 1.08. The number of hydrogen-bond donors (Lipinski definition) is 0. The molecule has 64 valence electrons. The molecule has 1 heterocycles. The molecule has 12 heavy (non-hydrogen) atoms. The Labute approximate surface area is 79.6 Å². The molecule has 0 saturated heterocycles. The second-order valence-corrected chi connectivity index (χ2v) is 3.07. The van der Waals surface area contributed by atoms with Crippen molar-refractivity contribution in [2.75, 3.05) is 7.11 Å². The van der Waals surface area contributed by atoms with Crippen molar-refractivity contribution in [3.8, 4) is 0 Å². The summed E-state index contributed by atoms with van der Waals surface area (Å²) >= 11 is 3.40. The van der Waals surface area contributed by atoms with E-state index in [0.717, 1.165) is 15.7 Å². The minimum absolute atomic E-state index is 0.811. The Balaban J connectivity index is 3.00. The maximum Gasteiger partial charge on any atom is 0.106 e. The predicted octanol–water partition coefficient (Wildman–Crippen LogP) is 2.13. The number of hydrogen-bond acceptors (Lipinski definition) is 3. The van der Waals surface area contributed by atoms with Crippen molar-refractivity contribution in [1.29, 1.82) is 0 Å². The van der Waals surface area contributed by atoms with Crippen molar-refractivity contribution in [2.45, 2.75) is 6.92 Å². The molecule has 0 spiro atoms. The standard InChI is InChI=1S/C8H9BrN2O/c1-6-7(9)3-4-10-8(6)5-11-12-2/h3-5H,1-2H3. The summed E-state index contributed by atoms with van der Waals surface area (Å²) in [6.45, 7) is 1.97. The molecule has 0 unspecified atom stereocenters. The van der Waals surface area contributed by atoms with Gasteiger partial charge in [0.25, 0.3) is 0 Å². The van der Waals surface area contributed by atoms with Crippen LogP contribution in [0.3, 0.4) is 0 Å². The normalized spacial score (nSPS) is 10.6. The molecule has 0 aliphatic rings. The Morgan fingerprint density at radius 2 is 2.42 bits per heavy atom. The molecule has 0 aromatic carbocycles. The molecule has 0 fully saturated rings. The van der Waals surface area contributed by atoms with Gasteiger partial charge >= 0.3 is 0 Å².